The molecule has 2 rings (SSSR count). The van der Waals surface area contributed by atoms with Crippen LogP contribution in [0.5, 0.6) is 0 Å². The molecule has 1 unspecified atom stereocenters. The number of ether oxygens (including phenoxy) is 1. The molecule has 0 spiro atoms. The fraction of sp³-hybridized carbons (Fsp3) is 0.533. The van der Waals surface area contributed by atoms with Gasteiger partial charge in [0.15, 0.2) is 0 Å². The van der Waals surface area contributed by atoms with E-state index in [0.29, 0.717) is 12.4 Å². The summed E-state index contributed by atoms with van der Waals surface area (Å²) in [6.45, 7) is 8.06. The Balaban J connectivity index is 1.92. The topological polar surface area (TPSA) is 96.9 Å². The summed E-state index contributed by atoms with van der Waals surface area (Å²) in [6.07, 6.45) is 4.96. The van der Waals surface area contributed by atoms with E-state index in [0.717, 1.165) is 11.1 Å². The number of nitrogens with zero attached hydrogens (tertiary/aromatic N) is 3. The minimum Gasteiger partial charge on any atom is -0.444 e. The SMILES string of the molecule is CC(NCc1cn[nH]c1NC(=O)OC(C)(C)C)c1cnn(C)c1. The van der Waals surface area contributed by atoms with Gasteiger partial charge in [0.2, 0.25) is 0 Å². The third-order valence-electron chi connectivity index (χ3n) is 3.17. The Morgan fingerprint density at radius 1 is 1.43 bits per heavy atom. The summed E-state index contributed by atoms with van der Waals surface area (Å²) < 4.78 is 7.00. The largest absolute Gasteiger partial charge is 0.444 e. The maximum atomic E-state index is 11.8. The van der Waals surface area contributed by atoms with Crippen molar-refractivity contribution in [2.45, 2.75) is 45.9 Å². The third kappa shape index (κ3) is 5.10. The normalized spacial score (nSPS) is 12.9. The summed E-state index contributed by atoms with van der Waals surface area (Å²) in [5, 5.41) is 17.0. The number of rotatable bonds is 5. The van der Waals surface area contributed by atoms with Crippen LogP contribution in [0, 0.1) is 0 Å². The van der Waals surface area contributed by atoms with Crippen LogP contribution in [-0.4, -0.2) is 31.7 Å². The van der Waals surface area contributed by atoms with Crippen molar-refractivity contribution in [2.24, 2.45) is 7.05 Å². The summed E-state index contributed by atoms with van der Waals surface area (Å²) in [7, 11) is 1.88. The van der Waals surface area contributed by atoms with Crippen molar-refractivity contribution in [1.82, 2.24) is 25.3 Å². The predicted octanol–water partition coefficient (Wildman–Crippen LogP) is 2.34. The van der Waals surface area contributed by atoms with Crippen LogP contribution in [0.15, 0.2) is 18.6 Å². The number of amides is 1. The number of carbonyl (C=O) groups excluding carboxylic acids is 1. The second-order valence-electron chi connectivity index (χ2n) is 6.45. The third-order valence-corrected chi connectivity index (χ3v) is 3.17. The number of aromatic amines is 1. The zero-order valence-electron chi connectivity index (χ0n) is 14.2. The van der Waals surface area contributed by atoms with Gasteiger partial charge in [-0.3, -0.25) is 15.1 Å². The fourth-order valence-electron chi connectivity index (χ4n) is 2.00. The lowest BCUT2D eigenvalue weighted by molar-refractivity contribution is 0.0635. The van der Waals surface area contributed by atoms with E-state index in [1.807, 2.05) is 40.2 Å². The Morgan fingerprint density at radius 3 is 2.78 bits per heavy atom. The van der Waals surface area contributed by atoms with E-state index in [-0.39, 0.29) is 6.04 Å². The molecule has 0 aliphatic heterocycles. The molecule has 0 fully saturated rings. The van der Waals surface area contributed by atoms with Crippen molar-refractivity contribution in [3.05, 3.63) is 29.7 Å². The molecule has 0 aromatic carbocycles. The fourth-order valence-corrected chi connectivity index (χ4v) is 2.00. The molecule has 0 bridgehead atoms. The predicted molar refractivity (Wildman–Crippen MR) is 86.9 cm³/mol. The molecular weight excluding hydrogens is 296 g/mol. The van der Waals surface area contributed by atoms with Gasteiger partial charge in [-0.1, -0.05) is 0 Å². The molecule has 2 heterocycles. The second kappa shape index (κ2) is 6.82. The van der Waals surface area contributed by atoms with Crippen molar-refractivity contribution >= 4 is 11.9 Å². The molecule has 0 saturated heterocycles. The van der Waals surface area contributed by atoms with Crippen LogP contribution in [0.25, 0.3) is 0 Å². The minimum absolute atomic E-state index is 0.132. The van der Waals surface area contributed by atoms with Gasteiger partial charge in [-0.15, -0.1) is 0 Å². The second-order valence-corrected chi connectivity index (χ2v) is 6.45. The Hall–Kier alpha value is -2.35. The molecule has 2 aromatic rings. The molecule has 0 aliphatic rings. The summed E-state index contributed by atoms with van der Waals surface area (Å²) in [5.41, 5.74) is 1.40. The van der Waals surface area contributed by atoms with Crippen LogP contribution in [0.1, 0.15) is 44.9 Å². The summed E-state index contributed by atoms with van der Waals surface area (Å²) in [6, 6.07) is 0.132. The number of hydrogen-bond acceptors (Lipinski definition) is 5. The maximum Gasteiger partial charge on any atom is 0.413 e. The van der Waals surface area contributed by atoms with Crippen molar-refractivity contribution in [3.8, 4) is 0 Å². The van der Waals surface area contributed by atoms with Gasteiger partial charge >= 0.3 is 6.09 Å². The highest BCUT2D eigenvalue weighted by molar-refractivity contribution is 5.84. The van der Waals surface area contributed by atoms with E-state index in [1.54, 1.807) is 10.9 Å². The molecule has 0 aliphatic carbocycles. The van der Waals surface area contributed by atoms with E-state index in [9.17, 15) is 4.79 Å². The average Bonchev–Trinajstić information content (AvgIpc) is 3.03. The van der Waals surface area contributed by atoms with E-state index >= 15 is 0 Å². The van der Waals surface area contributed by atoms with Crippen LogP contribution in [0.3, 0.4) is 0 Å². The molecule has 0 saturated carbocycles. The molecule has 0 radical (unpaired) electrons. The highest BCUT2D eigenvalue weighted by atomic mass is 16.6. The van der Waals surface area contributed by atoms with Gasteiger partial charge in [-0.05, 0) is 27.7 Å². The lowest BCUT2D eigenvalue weighted by Gasteiger charge is -2.19. The molecule has 8 heteroatoms. The molecular formula is C15H24N6O2. The van der Waals surface area contributed by atoms with Gasteiger partial charge in [-0.25, -0.2) is 4.79 Å². The summed E-state index contributed by atoms with van der Waals surface area (Å²) in [5.74, 6) is 0.533. The van der Waals surface area contributed by atoms with Crippen molar-refractivity contribution in [2.75, 3.05) is 5.32 Å². The van der Waals surface area contributed by atoms with Gasteiger partial charge in [-0.2, -0.15) is 10.2 Å². The zero-order valence-corrected chi connectivity index (χ0v) is 14.2. The number of anilines is 1. The number of aryl methyl sites for hydroxylation is 1. The average molecular weight is 320 g/mol. The lowest BCUT2D eigenvalue weighted by atomic mass is 10.2. The summed E-state index contributed by atoms with van der Waals surface area (Å²) >= 11 is 0. The van der Waals surface area contributed by atoms with Crippen molar-refractivity contribution in [3.63, 3.8) is 0 Å². The Kier molecular flexibility index (Phi) is 5.05. The number of H-pyrrole nitrogens is 1. The molecule has 1 atom stereocenters. The Bertz CT molecular complexity index is 655. The molecule has 3 N–H and O–H groups in total. The van der Waals surface area contributed by atoms with Gasteiger partial charge in [0, 0.05) is 37.0 Å². The first-order valence-corrected chi connectivity index (χ1v) is 7.49. The quantitative estimate of drug-likeness (QED) is 0.785. The van der Waals surface area contributed by atoms with E-state index in [2.05, 4.69) is 32.9 Å². The first-order chi connectivity index (χ1) is 10.7. The standard InChI is InChI=1S/C15H24N6O2/c1-10(12-8-18-21(5)9-12)16-6-11-7-17-20-13(11)19-14(22)23-15(2,3)4/h7-10,16H,6H2,1-5H3,(H2,17,19,20,22). The Labute approximate surface area is 135 Å². The van der Waals surface area contributed by atoms with E-state index < -0.39 is 11.7 Å². The van der Waals surface area contributed by atoms with Crippen molar-refractivity contribution in [1.29, 1.82) is 0 Å². The van der Waals surface area contributed by atoms with E-state index in [1.165, 1.54) is 0 Å². The van der Waals surface area contributed by atoms with Crippen LogP contribution >= 0.6 is 0 Å². The maximum absolute atomic E-state index is 11.8. The lowest BCUT2D eigenvalue weighted by Crippen LogP contribution is -2.28. The van der Waals surface area contributed by atoms with Crippen LogP contribution in [0.2, 0.25) is 0 Å². The van der Waals surface area contributed by atoms with Gasteiger partial charge in [0.05, 0.1) is 12.4 Å². The summed E-state index contributed by atoms with van der Waals surface area (Å²) in [4.78, 5) is 11.8. The monoisotopic (exact) mass is 320 g/mol. The van der Waals surface area contributed by atoms with Crippen LogP contribution in [-0.2, 0) is 18.3 Å². The van der Waals surface area contributed by atoms with Gasteiger partial charge in [0.1, 0.15) is 11.4 Å². The van der Waals surface area contributed by atoms with Gasteiger partial charge < -0.3 is 10.1 Å². The molecule has 2 aromatic heterocycles. The molecule has 126 valence electrons. The number of aromatic nitrogens is 4. The molecule has 8 nitrogen and oxygen atoms in total. The van der Waals surface area contributed by atoms with Crippen molar-refractivity contribution < 1.29 is 9.53 Å². The number of nitrogens with one attached hydrogen (secondary N) is 3. The van der Waals surface area contributed by atoms with Gasteiger partial charge in [0.25, 0.3) is 0 Å². The van der Waals surface area contributed by atoms with Crippen LogP contribution in [0.4, 0.5) is 10.6 Å². The molecule has 23 heavy (non-hydrogen) atoms. The highest BCUT2D eigenvalue weighted by Crippen LogP contribution is 2.16. The first-order valence-electron chi connectivity index (χ1n) is 7.49. The Morgan fingerprint density at radius 2 is 2.17 bits per heavy atom. The smallest absolute Gasteiger partial charge is 0.413 e. The highest BCUT2D eigenvalue weighted by Gasteiger charge is 2.18. The number of carbonyl (C=O) groups is 1. The number of hydrogen-bond donors (Lipinski definition) is 3. The van der Waals surface area contributed by atoms with E-state index in [4.69, 9.17) is 4.74 Å². The van der Waals surface area contributed by atoms with Crippen LogP contribution < -0.4 is 10.6 Å². The minimum atomic E-state index is -0.544. The molecule has 1 amide bonds. The first kappa shape index (κ1) is 17.0. The zero-order chi connectivity index (χ0) is 17.0.